The molecule has 0 aromatic heterocycles. The molecule has 0 fully saturated rings. The summed E-state index contributed by atoms with van der Waals surface area (Å²) in [5.74, 6) is -1.41. The van der Waals surface area contributed by atoms with E-state index >= 15 is 0 Å². The molecule has 0 heterocycles. The number of carboxylic acids is 1. The van der Waals surface area contributed by atoms with E-state index in [9.17, 15) is 9.90 Å². The molecule has 0 aliphatic heterocycles. The van der Waals surface area contributed by atoms with Crippen molar-refractivity contribution in [3.63, 3.8) is 0 Å². The number of nitrogens with zero attached hydrogens (tertiary/aromatic N) is 1. The predicted octanol–water partition coefficient (Wildman–Crippen LogP) is -0.611. The summed E-state index contributed by atoms with van der Waals surface area (Å²) >= 11 is 0. The molecule has 0 saturated carbocycles. The smallest absolute Gasteiger partial charge is 0.0953 e. The van der Waals surface area contributed by atoms with Gasteiger partial charge in [0.2, 0.25) is 0 Å². The van der Waals surface area contributed by atoms with Gasteiger partial charge in [-0.3, -0.25) is 10.0 Å². The first-order chi connectivity index (χ1) is 6.56. The molecule has 76 valence electrons. The number of carbonyl (C=O) groups excluding carboxylic acids is 1. The number of nitrogen functional groups attached to an aromatic ring is 1. The van der Waals surface area contributed by atoms with Gasteiger partial charge >= 0.3 is 0 Å². The lowest BCUT2D eigenvalue weighted by Gasteiger charge is -2.15. The van der Waals surface area contributed by atoms with Crippen LogP contribution in [-0.4, -0.2) is 18.3 Å². The van der Waals surface area contributed by atoms with Crippen molar-refractivity contribution in [2.75, 3.05) is 18.1 Å². The number of hydrogen-bond donors (Lipinski definition) is 2. The zero-order chi connectivity index (χ0) is 10.7. The maximum absolute atomic E-state index is 10.6. The van der Waals surface area contributed by atoms with Crippen LogP contribution in [0.3, 0.4) is 0 Å². The van der Waals surface area contributed by atoms with Crippen molar-refractivity contribution in [1.82, 2.24) is 0 Å². The minimum atomic E-state index is -1.41. The van der Waals surface area contributed by atoms with Gasteiger partial charge in [-0.05, 0) is 18.2 Å². The minimum absolute atomic E-state index is 0.0678. The molecular weight excluding hydrogens is 188 g/mol. The Labute approximate surface area is 80.0 Å². The normalized spacial score (nSPS) is 9.86. The molecule has 0 unspecified atom stereocenters. The highest BCUT2D eigenvalue weighted by Gasteiger charge is 2.06. The van der Waals surface area contributed by atoms with Crippen LogP contribution >= 0.6 is 0 Å². The molecule has 0 aliphatic carbocycles. The molecule has 6 nitrogen and oxygen atoms in total. The van der Waals surface area contributed by atoms with E-state index in [0.29, 0.717) is 5.23 Å². The lowest BCUT2D eigenvalue weighted by atomic mass is 10.1. The molecule has 1 aromatic rings. The van der Waals surface area contributed by atoms with Crippen LogP contribution in [0, 0.1) is 0 Å². The van der Waals surface area contributed by atoms with Gasteiger partial charge in [0.25, 0.3) is 0 Å². The summed E-state index contributed by atoms with van der Waals surface area (Å²) < 4.78 is 0. The maximum Gasteiger partial charge on any atom is 0.0953 e. The fraction of sp³-hybridized carbons (Fsp3) is 0.125. The number of benzene rings is 1. The number of carbonyl (C=O) groups is 1. The molecule has 0 bridgehead atoms. The topological polar surface area (TPSA) is 98.8 Å². The molecule has 0 saturated heterocycles. The maximum atomic E-state index is 10.6. The Morgan fingerprint density at radius 3 is 2.79 bits per heavy atom. The molecular formula is C8H9N2O4-. The number of anilines is 2. The quantitative estimate of drug-likeness (QED) is 0.495. The molecule has 0 radical (unpaired) electrons. The van der Waals surface area contributed by atoms with E-state index in [4.69, 9.17) is 10.9 Å². The third-order valence-corrected chi connectivity index (χ3v) is 1.65. The number of rotatable bonds is 3. The Hall–Kier alpha value is -1.79. The number of aromatic carboxylic acids is 1. The Morgan fingerprint density at radius 2 is 2.29 bits per heavy atom. The van der Waals surface area contributed by atoms with E-state index in [-0.39, 0.29) is 16.9 Å². The van der Waals surface area contributed by atoms with Gasteiger partial charge in [0, 0.05) is 11.3 Å². The second-order valence-corrected chi connectivity index (χ2v) is 2.51. The van der Waals surface area contributed by atoms with E-state index in [0.717, 1.165) is 6.07 Å². The van der Waals surface area contributed by atoms with Crippen molar-refractivity contribution >= 4 is 17.3 Å². The SMILES string of the molecule is CON(O)c1ccc(N)c(C(=O)[O-])c1. The fourth-order valence-electron chi connectivity index (χ4n) is 0.945. The summed E-state index contributed by atoms with van der Waals surface area (Å²) in [5, 5.41) is 20.1. The van der Waals surface area contributed by atoms with Crippen LogP contribution in [0.5, 0.6) is 0 Å². The molecule has 0 atom stereocenters. The summed E-state index contributed by atoms with van der Waals surface area (Å²) in [6.07, 6.45) is 0. The van der Waals surface area contributed by atoms with Crippen LogP contribution in [0.25, 0.3) is 0 Å². The lowest BCUT2D eigenvalue weighted by molar-refractivity contribution is -0.254. The Morgan fingerprint density at radius 1 is 1.64 bits per heavy atom. The molecule has 1 aromatic carbocycles. The Kier molecular flexibility index (Phi) is 2.90. The second-order valence-electron chi connectivity index (χ2n) is 2.51. The van der Waals surface area contributed by atoms with Crippen LogP contribution in [0.4, 0.5) is 11.4 Å². The van der Waals surface area contributed by atoms with Gasteiger partial charge in [-0.25, -0.2) is 0 Å². The first-order valence-corrected chi connectivity index (χ1v) is 3.70. The molecule has 0 spiro atoms. The van der Waals surface area contributed by atoms with E-state index in [2.05, 4.69) is 4.84 Å². The monoisotopic (exact) mass is 197 g/mol. The van der Waals surface area contributed by atoms with E-state index in [1.165, 1.54) is 19.2 Å². The van der Waals surface area contributed by atoms with Gasteiger partial charge in [-0.1, -0.05) is 0 Å². The first-order valence-electron chi connectivity index (χ1n) is 3.70. The highest BCUT2D eigenvalue weighted by molar-refractivity contribution is 5.93. The highest BCUT2D eigenvalue weighted by atomic mass is 16.9. The van der Waals surface area contributed by atoms with Crippen molar-refractivity contribution in [1.29, 1.82) is 0 Å². The standard InChI is InChI=1S/C8H10N2O4/c1-14-10(13)5-2-3-7(9)6(4-5)8(11)12/h2-4,13H,9H2,1H3,(H,11,12)/p-1. The van der Waals surface area contributed by atoms with E-state index in [1.807, 2.05) is 0 Å². The van der Waals surface area contributed by atoms with Crippen LogP contribution in [0.2, 0.25) is 0 Å². The Bertz CT molecular complexity index is 353. The molecule has 0 amide bonds. The highest BCUT2D eigenvalue weighted by Crippen LogP contribution is 2.19. The van der Waals surface area contributed by atoms with Gasteiger partial charge in [0.05, 0.1) is 18.8 Å². The van der Waals surface area contributed by atoms with Gasteiger partial charge in [0.1, 0.15) is 0 Å². The van der Waals surface area contributed by atoms with Crippen molar-refractivity contribution in [3.8, 4) is 0 Å². The third-order valence-electron chi connectivity index (χ3n) is 1.65. The average molecular weight is 197 g/mol. The van der Waals surface area contributed by atoms with Crippen molar-refractivity contribution in [2.24, 2.45) is 0 Å². The van der Waals surface area contributed by atoms with Crippen LogP contribution in [0.1, 0.15) is 10.4 Å². The predicted molar refractivity (Wildman–Crippen MR) is 46.5 cm³/mol. The van der Waals surface area contributed by atoms with Crippen LogP contribution in [-0.2, 0) is 4.84 Å². The number of nitrogens with two attached hydrogens (primary N) is 1. The minimum Gasteiger partial charge on any atom is -0.545 e. The molecule has 3 N–H and O–H groups in total. The van der Waals surface area contributed by atoms with Crippen molar-refractivity contribution in [2.45, 2.75) is 0 Å². The second kappa shape index (κ2) is 3.95. The Balaban J connectivity index is 3.12. The fourth-order valence-corrected chi connectivity index (χ4v) is 0.945. The average Bonchev–Trinajstić information content (AvgIpc) is 2.17. The first kappa shape index (κ1) is 10.3. The summed E-state index contributed by atoms with van der Waals surface area (Å²) in [5.41, 5.74) is 5.40. The van der Waals surface area contributed by atoms with Gasteiger partial charge in [0.15, 0.2) is 0 Å². The third kappa shape index (κ3) is 1.93. The van der Waals surface area contributed by atoms with Crippen molar-refractivity contribution < 1.29 is 19.9 Å². The molecule has 14 heavy (non-hydrogen) atoms. The van der Waals surface area contributed by atoms with Gasteiger partial charge < -0.3 is 15.6 Å². The van der Waals surface area contributed by atoms with Gasteiger partial charge in [-0.2, -0.15) is 0 Å². The van der Waals surface area contributed by atoms with Crippen LogP contribution < -0.4 is 16.1 Å². The zero-order valence-electron chi connectivity index (χ0n) is 7.43. The zero-order valence-corrected chi connectivity index (χ0v) is 7.43. The summed E-state index contributed by atoms with van der Waals surface area (Å²) in [4.78, 5) is 15.0. The van der Waals surface area contributed by atoms with Crippen LogP contribution in [0.15, 0.2) is 18.2 Å². The molecule has 0 aliphatic rings. The van der Waals surface area contributed by atoms with Crippen molar-refractivity contribution in [3.05, 3.63) is 23.8 Å². The lowest BCUT2D eigenvalue weighted by Crippen LogP contribution is -2.24. The van der Waals surface area contributed by atoms with E-state index < -0.39 is 5.97 Å². The number of hydrogen-bond acceptors (Lipinski definition) is 6. The summed E-state index contributed by atoms with van der Waals surface area (Å²) in [6.45, 7) is 0. The number of carboxylic acid groups (broad SMARTS) is 1. The largest absolute Gasteiger partial charge is 0.545 e. The van der Waals surface area contributed by atoms with E-state index in [1.54, 1.807) is 0 Å². The summed E-state index contributed by atoms with van der Waals surface area (Å²) in [7, 11) is 1.23. The molecule has 1 rings (SSSR count). The summed E-state index contributed by atoms with van der Waals surface area (Å²) in [6, 6.07) is 3.89. The van der Waals surface area contributed by atoms with Gasteiger partial charge in [-0.15, -0.1) is 5.23 Å². The molecule has 6 heteroatoms.